The van der Waals surface area contributed by atoms with E-state index in [0.717, 1.165) is 5.56 Å². The standard InChI is InChI=1S/C21H23N5O3/c1-13(2)18(26-24-19(23-25-26)16-7-5-4-6-8-16)20(27)22-17-11-9-15(10-12-17)14(3)21(28)29/h4-14,18H,1-3H3,(H,22,27)(H,28,29). The normalized spacial score (nSPS) is 13.1. The summed E-state index contributed by atoms with van der Waals surface area (Å²) in [6, 6.07) is 15.6. The largest absolute Gasteiger partial charge is 0.481 e. The SMILES string of the molecule is CC(C(=O)O)c1ccc(NC(=O)C(C(C)C)n2nnc(-c3ccccc3)n2)cc1. The minimum Gasteiger partial charge on any atom is -0.481 e. The van der Waals surface area contributed by atoms with E-state index in [1.807, 2.05) is 44.2 Å². The Morgan fingerprint density at radius 3 is 2.24 bits per heavy atom. The lowest BCUT2D eigenvalue weighted by Crippen LogP contribution is -2.31. The fourth-order valence-electron chi connectivity index (χ4n) is 2.93. The molecule has 0 aliphatic rings. The van der Waals surface area contributed by atoms with Crippen LogP contribution in [-0.4, -0.2) is 37.2 Å². The summed E-state index contributed by atoms with van der Waals surface area (Å²) in [6.45, 7) is 5.44. The van der Waals surface area contributed by atoms with Crippen molar-refractivity contribution in [3.63, 3.8) is 0 Å². The first-order valence-electron chi connectivity index (χ1n) is 9.35. The molecule has 150 valence electrons. The maximum Gasteiger partial charge on any atom is 0.310 e. The molecule has 2 aromatic carbocycles. The first-order chi connectivity index (χ1) is 13.9. The van der Waals surface area contributed by atoms with Gasteiger partial charge in [-0.3, -0.25) is 9.59 Å². The molecule has 0 bridgehead atoms. The lowest BCUT2D eigenvalue weighted by molar-refractivity contribution is -0.138. The summed E-state index contributed by atoms with van der Waals surface area (Å²) < 4.78 is 0. The van der Waals surface area contributed by atoms with Gasteiger partial charge in [-0.1, -0.05) is 56.3 Å². The third kappa shape index (κ3) is 4.66. The summed E-state index contributed by atoms with van der Waals surface area (Å²) in [6.07, 6.45) is 0. The number of carboxylic acids is 1. The van der Waals surface area contributed by atoms with Crippen LogP contribution in [-0.2, 0) is 9.59 Å². The molecule has 0 saturated heterocycles. The molecule has 8 heteroatoms. The molecule has 29 heavy (non-hydrogen) atoms. The Hall–Kier alpha value is -3.55. The molecule has 0 fully saturated rings. The highest BCUT2D eigenvalue weighted by Crippen LogP contribution is 2.22. The average molecular weight is 393 g/mol. The van der Waals surface area contributed by atoms with Crippen molar-refractivity contribution >= 4 is 17.6 Å². The Labute approximate surface area is 168 Å². The van der Waals surface area contributed by atoms with Gasteiger partial charge in [0.15, 0.2) is 6.04 Å². The van der Waals surface area contributed by atoms with Gasteiger partial charge in [-0.25, -0.2) is 0 Å². The van der Waals surface area contributed by atoms with Crippen LogP contribution in [0.3, 0.4) is 0 Å². The summed E-state index contributed by atoms with van der Waals surface area (Å²) in [5.74, 6) is -1.39. The van der Waals surface area contributed by atoms with E-state index in [4.69, 9.17) is 5.11 Å². The first-order valence-corrected chi connectivity index (χ1v) is 9.35. The maximum atomic E-state index is 12.9. The molecule has 0 aliphatic carbocycles. The van der Waals surface area contributed by atoms with Gasteiger partial charge in [-0.15, -0.1) is 10.2 Å². The highest BCUT2D eigenvalue weighted by Gasteiger charge is 2.27. The van der Waals surface area contributed by atoms with Crippen molar-refractivity contribution < 1.29 is 14.7 Å². The predicted octanol–water partition coefficient (Wildman–Crippen LogP) is 3.36. The third-order valence-corrected chi connectivity index (χ3v) is 4.66. The van der Waals surface area contributed by atoms with Crippen molar-refractivity contribution in [3.8, 4) is 11.4 Å². The van der Waals surface area contributed by atoms with E-state index in [1.165, 1.54) is 4.80 Å². The Morgan fingerprint density at radius 2 is 1.66 bits per heavy atom. The zero-order chi connectivity index (χ0) is 21.0. The number of nitrogens with one attached hydrogen (secondary N) is 1. The minimum atomic E-state index is -0.895. The van der Waals surface area contributed by atoms with Crippen LogP contribution in [0.4, 0.5) is 5.69 Å². The van der Waals surface area contributed by atoms with E-state index in [2.05, 4.69) is 20.7 Å². The molecule has 0 saturated carbocycles. The number of amides is 1. The Morgan fingerprint density at radius 1 is 1.00 bits per heavy atom. The van der Waals surface area contributed by atoms with Crippen molar-refractivity contribution in [2.75, 3.05) is 5.32 Å². The smallest absolute Gasteiger partial charge is 0.310 e. The monoisotopic (exact) mass is 393 g/mol. The molecule has 2 atom stereocenters. The number of hydrogen-bond acceptors (Lipinski definition) is 5. The van der Waals surface area contributed by atoms with E-state index in [-0.39, 0.29) is 11.8 Å². The van der Waals surface area contributed by atoms with Crippen molar-refractivity contribution in [1.29, 1.82) is 0 Å². The Bertz CT molecular complexity index is 983. The quantitative estimate of drug-likeness (QED) is 0.637. The summed E-state index contributed by atoms with van der Waals surface area (Å²) in [5.41, 5.74) is 2.07. The van der Waals surface area contributed by atoms with Crippen LogP contribution in [0.5, 0.6) is 0 Å². The van der Waals surface area contributed by atoms with Gasteiger partial charge >= 0.3 is 5.97 Å². The average Bonchev–Trinajstić information content (AvgIpc) is 3.18. The second-order valence-electron chi connectivity index (χ2n) is 7.16. The Balaban J connectivity index is 1.77. The van der Waals surface area contributed by atoms with Crippen LogP contribution in [0.1, 0.15) is 38.3 Å². The van der Waals surface area contributed by atoms with Crippen LogP contribution < -0.4 is 5.32 Å². The lowest BCUT2D eigenvalue weighted by atomic mass is 10.0. The molecule has 2 unspecified atom stereocenters. The molecular formula is C21H23N5O3. The fourth-order valence-corrected chi connectivity index (χ4v) is 2.93. The van der Waals surface area contributed by atoms with Crippen LogP contribution in [0.15, 0.2) is 54.6 Å². The van der Waals surface area contributed by atoms with Crippen LogP contribution in [0, 0.1) is 5.92 Å². The fraction of sp³-hybridized carbons (Fsp3) is 0.286. The van der Waals surface area contributed by atoms with Crippen molar-refractivity contribution in [2.24, 2.45) is 5.92 Å². The van der Waals surface area contributed by atoms with E-state index in [1.54, 1.807) is 31.2 Å². The van der Waals surface area contributed by atoms with E-state index >= 15 is 0 Å². The van der Waals surface area contributed by atoms with E-state index < -0.39 is 17.9 Å². The van der Waals surface area contributed by atoms with Gasteiger partial charge in [0.25, 0.3) is 5.91 Å². The van der Waals surface area contributed by atoms with Gasteiger partial charge in [-0.05, 0) is 35.8 Å². The lowest BCUT2D eigenvalue weighted by Gasteiger charge is -2.19. The van der Waals surface area contributed by atoms with Gasteiger partial charge in [0, 0.05) is 11.3 Å². The molecule has 0 aliphatic heterocycles. The van der Waals surface area contributed by atoms with Crippen molar-refractivity contribution in [3.05, 3.63) is 60.2 Å². The number of benzene rings is 2. The molecular weight excluding hydrogens is 370 g/mol. The number of hydrogen-bond donors (Lipinski definition) is 2. The molecule has 1 amide bonds. The predicted molar refractivity (Wildman–Crippen MR) is 108 cm³/mol. The molecule has 2 N–H and O–H groups in total. The summed E-state index contributed by atoms with van der Waals surface area (Å²) >= 11 is 0. The number of rotatable bonds is 7. The number of anilines is 1. The summed E-state index contributed by atoms with van der Waals surface area (Å²) in [7, 11) is 0. The van der Waals surface area contributed by atoms with Crippen LogP contribution in [0.2, 0.25) is 0 Å². The molecule has 0 radical (unpaired) electrons. The van der Waals surface area contributed by atoms with Crippen molar-refractivity contribution in [2.45, 2.75) is 32.7 Å². The van der Waals surface area contributed by atoms with Crippen LogP contribution >= 0.6 is 0 Å². The highest BCUT2D eigenvalue weighted by molar-refractivity contribution is 5.93. The zero-order valence-corrected chi connectivity index (χ0v) is 16.5. The first kappa shape index (κ1) is 20.2. The number of carbonyl (C=O) groups is 2. The molecule has 8 nitrogen and oxygen atoms in total. The molecule has 1 aromatic heterocycles. The highest BCUT2D eigenvalue weighted by atomic mass is 16.4. The number of carbonyl (C=O) groups excluding carboxylic acids is 1. The molecule has 3 rings (SSSR count). The van der Waals surface area contributed by atoms with E-state index in [9.17, 15) is 9.59 Å². The van der Waals surface area contributed by atoms with Gasteiger partial charge in [0.05, 0.1) is 5.92 Å². The van der Waals surface area contributed by atoms with Gasteiger partial charge in [-0.2, -0.15) is 4.80 Å². The molecule has 1 heterocycles. The number of carboxylic acid groups (broad SMARTS) is 1. The number of aliphatic carboxylic acids is 1. The van der Waals surface area contributed by atoms with E-state index in [0.29, 0.717) is 17.1 Å². The van der Waals surface area contributed by atoms with Crippen molar-refractivity contribution in [1.82, 2.24) is 20.2 Å². The zero-order valence-electron chi connectivity index (χ0n) is 16.5. The van der Waals surface area contributed by atoms with Gasteiger partial charge < -0.3 is 10.4 Å². The second kappa shape index (κ2) is 8.64. The van der Waals surface area contributed by atoms with Gasteiger partial charge in [0.2, 0.25) is 5.82 Å². The Kier molecular flexibility index (Phi) is 6.01. The van der Waals surface area contributed by atoms with Gasteiger partial charge in [0.1, 0.15) is 0 Å². The topological polar surface area (TPSA) is 110 Å². The molecule has 3 aromatic rings. The molecule has 0 spiro atoms. The number of tetrazole rings is 1. The summed E-state index contributed by atoms with van der Waals surface area (Å²) in [5, 5.41) is 24.5. The second-order valence-corrected chi connectivity index (χ2v) is 7.16. The summed E-state index contributed by atoms with van der Waals surface area (Å²) in [4.78, 5) is 25.3. The number of aromatic nitrogens is 4. The number of nitrogens with zero attached hydrogens (tertiary/aromatic N) is 4. The minimum absolute atomic E-state index is 0.0703. The third-order valence-electron chi connectivity index (χ3n) is 4.66. The van der Waals surface area contributed by atoms with Crippen LogP contribution in [0.25, 0.3) is 11.4 Å². The maximum absolute atomic E-state index is 12.9.